The van der Waals surface area contributed by atoms with Gasteiger partial charge in [0.1, 0.15) is 5.82 Å². The number of guanidine groups is 1. The summed E-state index contributed by atoms with van der Waals surface area (Å²) in [6.45, 7) is 7.58. The highest BCUT2D eigenvalue weighted by Gasteiger charge is 2.14. The van der Waals surface area contributed by atoms with Crippen LogP contribution in [0.2, 0.25) is 0 Å². The van der Waals surface area contributed by atoms with Crippen LogP contribution in [-0.2, 0) is 11.3 Å². The zero-order valence-corrected chi connectivity index (χ0v) is 20.2. The number of hydrogen-bond donors (Lipinski definition) is 2. The largest absolute Gasteiger partial charge is 0.378 e. The molecule has 1 aromatic heterocycles. The third-order valence-electron chi connectivity index (χ3n) is 5.52. The van der Waals surface area contributed by atoms with Gasteiger partial charge < -0.3 is 20.3 Å². The third-order valence-corrected chi connectivity index (χ3v) is 5.52. The first kappa shape index (κ1) is 24.2. The van der Waals surface area contributed by atoms with Gasteiger partial charge in [0.25, 0.3) is 0 Å². The van der Waals surface area contributed by atoms with Crippen molar-refractivity contribution < 1.29 is 4.74 Å². The van der Waals surface area contributed by atoms with Crippen molar-refractivity contribution in [2.24, 2.45) is 4.99 Å². The summed E-state index contributed by atoms with van der Waals surface area (Å²) in [4.78, 5) is 11.6. The molecule has 2 N–H and O–H groups in total. The summed E-state index contributed by atoms with van der Waals surface area (Å²) < 4.78 is 6.00. The van der Waals surface area contributed by atoms with Crippen molar-refractivity contribution >= 4 is 35.8 Å². The molecule has 1 aliphatic heterocycles. The number of anilines is 1. The van der Waals surface area contributed by atoms with E-state index in [1.54, 1.807) is 0 Å². The summed E-state index contributed by atoms with van der Waals surface area (Å²) in [5.74, 6) is 1.96. The van der Waals surface area contributed by atoms with Crippen LogP contribution in [0, 0.1) is 0 Å². The van der Waals surface area contributed by atoms with E-state index >= 15 is 0 Å². The van der Waals surface area contributed by atoms with Gasteiger partial charge in [0.2, 0.25) is 0 Å². The number of aliphatic imine (C=N–C) groups is 1. The summed E-state index contributed by atoms with van der Waals surface area (Å²) in [5.41, 5.74) is 1.20. The lowest BCUT2D eigenvalue weighted by Gasteiger charge is -2.22. The fourth-order valence-corrected chi connectivity index (χ4v) is 3.95. The zero-order valence-electron chi connectivity index (χ0n) is 17.9. The minimum atomic E-state index is 0. The maximum Gasteiger partial charge on any atom is 0.191 e. The number of hydrogen-bond acceptors (Lipinski definition) is 4. The van der Waals surface area contributed by atoms with E-state index in [9.17, 15) is 0 Å². The normalized spacial score (nSPS) is 17.8. The average Bonchev–Trinajstić information content (AvgIpc) is 3.28. The first-order valence-corrected chi connectivity index (χ1v) is 11.2. The summed E-state index contributed by atoms with van der Waals surface area (Å²) >= 11 is 0. The van der Waals surface area contributed by atoms with Crippen LogP contribution in [0.3, 0.4) is 0 Å². The van der Waals surface area contributed by atoms with Crippen LogP contribution in [0.25, 0.3) is 0 Å². The number of pyridine rings is 1. The SMILES string of the molecule is CCNC(=NCc1ccnc(N2CCCC2)c1)NCCCOC1CCCCC1.I. The summed E-state index contributed by atoms with van der Waals surface area (Å²) in [5, 5.41) is 6.77. The Labute approximate surface area is 193 Å². The van der Waals surface area contributed by atoms with Gasteiger partial charge in [-0.3, -0.25) is 0 Å². The molecule has 6 nitrogen and oxygen atoms in total. The molecule has 0 bridgehead atoms. The maximum atomic E-state index is 6.00. The van der Waals surface area contributed by atoms with Crippen LogP contribution in [0.1, 0.15) is 63.9 Å². The van der Waals surface area contributed by atoms with E-state index in [1.165, 1.54) is 50.5 Å². The number of rotatable bonds is 9. The Morgan fingerprint density at radius 2 is 1.97 bits per heavy atom. The highest BCUT2D eigenvalue weighted by atomic mass is 127. The van der Waals surface area contributed by atoms with E-state index in [1.807, 2.05) is 6.20 Å². The molecule has 2 aliphatic rings. The number of nitrogens with one attached hydrogen (secondary N) is 2. The fraction of sp³-hybridized carbons (Fsp3) is 0.727. The Morgan fingerprint density at radius 3 is 2.72 bits per heavy atom. The van der Waals surface area contributed by atoms with Gasteiger partial charge in [-0.2, -0.15) is 0 Å². The molecule has 0 atom stereocenters. The van der Waals surface area contributed by atoms with Gasteiger partial charge >= 0.3 is 0 Å². The number of halogens is 1. The Kier molecular flexibility index (Phi) is 11.7. The molecule has 164 valence electrons. The molecule has 3 rings (SSSR count). The van der Waals surface area contributed by atoms with Crippen LogP contribution in [0.5, 0.6) is 0 Å². The second kappa shape index (κ2) is 14.0. The predicted molar refractivity (Wildman–Crippen MR) is 131 cm³/mol. The number of nitrogens with zero attached hydrogens (tertiary/aromatic N) is 3. The third kappa shape index (κ3) is 8.66. The molecule has 0 unspecified atom stereocenters. The van der Waals surface area contributed by atoms with Crippen molar-refractivity contribution in [1.29, 1.82) is 0 Å². The molecule has 1 saturated heterocycles. The van der Waals surface area contributed by atoms with Gasteiger partial charge in [-0.1, -0.05) is 19.3 Å². The van der Waals surface area contributed by atoms with Gasteiger partial charge in [-0.05, 0) is 56.7 Å². The lowest BCUT2D eigenvalue weighted by molar-refractivity contribution is 0.0277. The van der Waals surface area contributed by atoms with Gasteiger partial charge in [0.05, 0.1) is 12.6 Å². The van der Waals surface area contributed by atoms with E-state index in [4.69, 9.17) is 9.73 Å². The standard InChI is InChI=1S/C22H37N5O.HI/c1-2-23-22(25-12-8-16-28-20-9-4-3-5-10-20)26-18-19-11-13-24-21(17-19)27-14-6-7-15-27;/h11,13,17,20H,2-10,12,14-16,18H2,1H3,(H2,23,25,26);1H. The fourth-order valence-electron chi connectivity index (χ4n) is 3.95. The molecule has 2 heterocycles. The Bertz CT molecular complexity index is 601. The Hall–Kier alpha value is -1.09. The summed E-state index contributed by atoms with van der Waals surface area (Å²) in [7, 11) is 0. The van der Waals surface area contributed by atoms with Gasteiger partial charge in [0, 0.05) is 39.0 Å². The van der Waals surface area contributed by atoms with Crippen molar-refractivity contribution in [3.8, 4) is 0 Å². The van der Waals surface area contributed by atoms with Crippen molar-refractivity contribution in [1.82, 2.24) is 15.6 Å². The van der Waals surface area contributed by atoms with Crippen LogP contribution in [0.15, 0.2) is 23.3 Å². The smallest absolute Gasteiger partial charge is 0.191 e. The highest BCUT2D eigenvalue weighted by Crippen LogP contribution is 2.20. The monoisotopic (exact) mass is 515 g/mol. The minimum absolute atomic E-state index is 0. The highest BCUT2D eigenvalue weighted by molar-refractivity contribution is 14.0. The molecule has 29 heavy (non-hydrogen) atoms. The molecule has 7 heteroatoms. The molecule has 1 aromatic rings. The quantitative estimate of drug-likeness (QED) is 0.225. The molecule has 1 saturated carbocycles. The Morgan fingerprint density at radius 1 is 1.17 bits per heavy atom. The van der Waals surface area contributed by atoms with E-state index in [0.717, 1.165) is 51.0 Å². The van der Waals surface area contributed by atoms with E-state index in [-0.39, 0.29) is 24.0 Å². The molecular weight excluding hydrogens is 477 g/mol. The molecule has 2 fully saturated rings. The van der Waals surface area contributed by atoms with Gasteiger partial charge in [-0.25, -0.2) is 9.98 Å². The molecule has 0 spiro atoms. The summed E-state index contributed by atoms with van der Waals surface area (Å²) in [6.07, 6.45) is 12.4. The molecule has 0 radical (unpaired) electrons. The second-order valence-electron chi connectivity index (χ2n) is 7.82. The second-order valence-corrected chi connectivity index (χ2v) is 7.82. The lowest BCUT2D eigenvalue weighted by atomic mass is 9.98. The summed E-state index contributed by atoms with van der Waals surface area (Å²) in [6, 6.07) is 4.24. The number of aromatic nitrogens is 1. The molecule has 0 amide bonds. The lowest BCUT2D eigenvalue weighted by Crippen LogP contribution is -2.38. The molecule has 1 aliphatic carbocycles. The van der Waals surface area contributed by atoms with Gasteiger partial charge in [0.15, 0.2) is 5.96 Å². The maximum absolute atomic E-state index is 6.00. The minimum Gasteiger partial charge on any atom is -0.378 e. The predicted octanol–water partition coefficient (Wildman–Crippen LogP) is 4.09. The van der Waals surface area contributed by atoms with Crippen LogP contribution in [-0.4, -0.2) is 49.8 Å². The van der Waals surface area contributed by atoms with Crippen molar-refractivity contribution in [2.75, 3.05) is 37.7 Å². The van der Waals surface area contributed by atoms with Crippen LogP contribution < -0.4 is 15.5 Å². The van der Waals surface area contributed by atoms with Crippen LogP contribution in [0.4, 0.5) is 5.82 Å². The zero-order chi connectivity index (χ0) is 19.4. The Balaban J connectivity index is 0.00000300. The van der Waals surface area contributed by atoms with E-state index < -0.39 is 0 Å². The van der Waals surface area contributed by atoms with Crippen molar-refractivity contribution in [3.05, 3.63) is 23.9 Å². The van der Waals surface area contributed by atoms with E-state index in [0.29, 0.717) is 12.6 Å². The van der Waals surface area contributed by atoms with E-state index in [2.05, 4.69) is 39.6 Å². The van der Waals surface area contributed by atoms with Crippen molar-refractivity contribution in [3.63, 3.8) is 0 Å². The topological polar surface area (TPSA) is 61.8 Å². The van der Waals surface area contributed by atoms with Crippen LogP contribution >= 0.6 is 24.0 Å². The first-order valence-electron chi connectivity index (χ1n) is 11.2. The number of ether oxygens (including phenoxy) is 1. The molecular formula is C22H38IN5O. The molecule has 0 aromatic carbocycles. The van der Waals surface area contributed by atoms with Gasteiger partial charge in [-0.15, -0.1) is 24.0 Å². The van der Waals surface area contributed by atoms with Crippen molar-refractivity contribution in [2.45, 2.75) is 70.9 Å². The average molecular weight is 515 g/mol. The first-order chi connectivity index (χ1) is 13.8.